The molecule has 1 unspecified atom stereocenters. The van der Waals surface area contributed by atoms with E-state index in [4.69, 9.17) is 17.3 Å². The number of rotatable bonds is 5. The predicted octanol–water partition coefficient (Wildman–Crippen LogP) is 5.73. The molecular formula is C24H21BrClN5O. The quantitative estimate of drug-likeness (QED) is 0.370. The van der Waals surface area contributed by atoms with Gasteiger partial charge in [-0.1, -0.05) is 11.6 Å². The summed E-state index contributed by atoms with van der Waals surface area (Å²) in [7, 11) is 0. The number of nitrogens with two attached hydrogens (primary N) is 1. The van der Waals surface area contributed by atoms with E-state index in [-0.39, 0.29) is 11.9 Å². The number of pyridine rings is 3. The van der Waals surface area contributed by atoms with E-state index in [1.54, 1.807) is 35.5 Å². The SMILES string of the molecule is Cc1cc2cc(C(=O)N(Cc3ccc(Br)cn3)C(C)c3ncccc3Cl)ccc2nc1N. The van der Waals surface area contributed by atoms with E-state index in [1.807, 2.05) is 44.2 Å². The van der Waals surface area contributed by atoms with E-state index in [0.717, 1.165) is 26.6 Å². The fourth-order valence-electron chi connectivity index (χ4n) is 3.51. The van der Waals surface area contributed by atoms with Crippen LogP contribution in [0.15, 0.2) is 65.4 Å². The summed E-state index contributed by atoms with van der Waals surface area (Å²) in [4.78, 5) is 28.7. The lowest BCUT2D eigenvalue weighted by Gasteiger charge is -2.29. The molecule has 162 valence electrons. The predicted molar refractivity (Wildman–Crippen MR) is 130 cm³/mol. The normalized spacial score (nSPS) is 12.0. The number of aryl methyl sites for hydroxylation is 1. The third kappa shape index (κ3) is 4.59. The van der Waals surface area contributed by atoms with Crippen LogP contribution in [0.5, 0.6) is 0 Å². The van der Waals surface area contributed by atoms with Crippen LogP contribution < -0.4 is 5.73 Å². The third-order valence-electron chi connectivity index (χ3n) is 5.32. The van der Waals surface area contributed by atoms with Gasteiger partial charge in [-0.05, 0) is 83.9 Å². The molecular weight excluding hydrogens is 490 g/mol. The van der Waals surface area contributed by atoms with Crippen LogP contribution in [0.1, 0.15) is 40.3 Å². The van der Waals surface area contributed by atoms with Crippen molar-refractivity contribution in [2.24, 2.45) is 0 Å². The van der Waals surface area contributed by atoms with Crippen LogP contribution >= 0.6 is 27.5 Å². The second kappa shape index (κ2) is 9.22. The minimum atomic E-state index is -0.372. The number of hydrogen-bond donors (Lipinski definition) is 1. The van der Waals surface area contributed by atoms with Gasteiger partial charge >= 0.3 is 0 Å². The van der Waals surface area contributed by atoms with Crippen molar-refractivity contribution >= 4 is 50.2 Å². The monoisotopic (exact) mass is 509 g/mol. The smallest absolute Gasteiger partial charge is 0.254 e. The Morgan fingerprint density at radius 3 is 2.72 bits per heavy atom. The number of amides is 1. The summed E-state index contributed by atoms with van der Waals surface area (Å²) >= 11 is 9.81. The maximum atomic E-state index is 13.7. The highest BCUT2D eigenvalue weighted by molar-refractivity contribution is 9.10. The Labute approximate surface area is 199 Å². The van der Waals surface area contributed by atoms with Crippen molar-refractivity contribution in [2.45, 2.75) is 26.4 Å². The van der Waals surface area contributed by atoms with E-state index < -0.39 is 0 Å². The van der Waals surface area contributed by atoms with Gasteiger partial charge in [-0.2, -0.15) is 0 Å². The summed E-state index contributed by atoms with van der Waals surface area (Å²) in [6, 6.07) is 14.3. The highest BCUT2D eigenvalue weighted by Gasteiger charge is 2.26. The van der Waals surface area contributed by atoms with Gasteiger partial charge in [-0.25, -0.2) is 4.98 Å². The summed E-state index contributed by atoms with van der Waals surface area (Å²) in [5.74, 6) is 0.332. The number of hydrogen-bond acceptors (Lipinski definition) is 5. The number of nitrogen functional groups attached to an aromatic ring is 1. The van der Waals surface area contributed by atoms with Gasteiger partial charge in [-0.3, -0.25) is 14.8 Å². The van der Waals surface area contributed by atoms with Crippen LogP contribution in [0.3, 0.4) is 0 Å². The van der Waals surface area contributed by atoms with Crippen molar-refractivity contribution in [3.8, 4) is 0 Å². The lowest BCUT2D eigenvalue weighted by Crippen LogP contribution is -2.34. The number of nitrogens with zero attached hydrogens (tertiary/aromatic N) is 4. The van der Waals surface area contributed by atoms with E-state index in [1.165, 1.54) is 0 Å². The second-order valence-electron chi connectivity index (χ2n) is 7.55. The Balaban J connectivity index is 1.75. The molecule has 0 saturated heterocycles. The summed E-state index contributed by atoms with van der Waals surface area (Å²) in [5, 5.41) is 1.36. The van der Waals surface area contributed by atoms with Gasteiger partial charge in [0.2, 0.25) is 0 Å². The van der Waals surface area contributed by atoms with E-state index in [9.17, 15) is 4.79 Å². The number of carbonyl (C=O) groups excluding carboxylic acids is 1. The molecule has 0 aliphatic rings. The van der Waals surface area contributed by atoms with Crippen LogP contribution in [-0.2, 0) is 6.54 Å². The largest absolute Gasteiger partial charge is 0.383 e. The van der Waals surface area contributed by atoms with Crippen molar-refractivity contribution in [1.82, 2.24) is 19.9 Å². The molecule has 8 heteroatoms. The molecule has 1 atom stereocenters. The topological polar surface area (TPSA) is 85.0 Å². The standard InChI is InChI=1S/C24H21BrClN5O/c1-14-10-17-11-16(5-8-21(17)30-23(14)27)24(32)31(13-19-7-6-18(25)12-29-19)15(2)22-20(26)4-3-9-28-22/h3-12,15H,13H2,1-2H3,(H2,27,30). The molecule has 0 bridgehead atoms. The maximum absolute atomic E-state index is 13.7. The van der Waals surface area contributed by atoms with Crippen LogP contribution in [0, 0.1) is 6.92 Å². The molecule has 4 rings (SSSR count). The van der Waals surface area contributed by atoms with Gasteiger partial charge in [0.25, 0.3) is 5.91 Å². The first-order valence-corrected chi connectivity index (χ1v) is 11.2. The maximum Gasteiger partial charge on any atom is 0.254 e. The molecule has 0 saturated carbocycles. The molecule has 3 aromatic heterocycles. The van der Waals surface area contributed by atoms with Crippen molar-refractivity contribution < 1.29 is 4.79 Å². The lowest BCUT2D eigenvalue weighted by atomic mass is 10.1. The molecule has 1 aromatic carbocycles. The number of fused-ring (bicyclic) bond motifs is 1. The molecule has 2 N–H and O–H groups in total. The molecule has 0 aliphatic carbocycles. The molecule has 0 radical (unpaired) electrons. The van der Waals surface area contributed by atoms with Crippen LogP contribution in [0.2, 0.25) is 5.02 Å². The number of carbonyl (C=O) groups is 1. The fraction of sp³-hybridized carbons (Fsp3) is 0.167. The van der Waals surface area contributed by atoms with E-state index >= 15 is 0 Å². The minimum Gasteiger partial charge on any atom is -0.383 e. The summed E-state index contributed by atoms with van der Waals surface area (Å²) in [6.07, 6.45) is 3.39. The van der Waals surface area contributed by atoms with E-state index in [0.29, 0.717) is 28.6 Å². The molecule has 1 amide bonds. The van der Waals surface area contributed by atoms with Crippen molar-refractivity contribution in [3.63, 3.8) is 0 Å². The molecule has 4 aromatic rings. The Hall–Kier alpha value is -3.03. The molecule has 3 heterocycles. The number of benzene rings is 1. The van der Waals surface area contributed by atoms with Crippen LogP contribution in [0.25, 0.3) is 10.9 Å². The first-order valence-electron chi connectivity index (χ1n) is 10.0. The van der Waals surface area contributed by atoms with Gasteiger partial charge in [0, 0.05) is 27.8 Å². The highest BCUT2D eigenvalue weighted by atomic mass is 79.9. The van der Waals surface area contributed by atoms with Crippen LogP contribution in [-0.4, -0.2) is 25.8 Å². The molecule has 32 heavy (non-hydrogen) atoms. The average molecular weight is 511 g/mol. The van der Waals surface area contributed by atoms with Gasteiger partial charge in [0.15, 0.2) is 0 Å². The number of anilines is 1. The molecule has 0 spiro atoms. The summed E-state index contributed by atoms with van der Waals surface area (Å²) < 4.78 is 0.872. The second-order valence-corrected chi connectivity index (χ2v) is 8.87. The Kier molecular flexibility index (Phi) is 6.39. The minimum absolute atomic E-state index is 0.152. The Bertz CT molecular complexity index is 1300. The molecule has 0 aliphatic heterocycles. The highest BCUT2D eigenvalue weighted by Crippen LogP contribution is 2.29. The summed E-state index contributed by atoms with van der Waals surface area (Å²) in [6.45, 7) is 4.11. The zero-order valence-electron chi connectivity index (χ0n) is 17.6. The van der Waals surface area contributed by atoms with Crippen molar-refractivity contribution in [2.75, 3.05) is 5.73 Å². The Morgan fingerprint density at radius 2 is 2.00 bits per heavy atom. The lowest BCUT2D eigenvalue weighted by molar-refractivity contribution is 0.0668. The zero-order valence-corrected chi connectivity index (χ0v) is 19.9. The number of aromatic nitrogens is 3. The van der Waals surface area contributed by atoms with Gasteiger partial charge < -0.3 is 10.6 Å². The average Bonchev–Trinajstić information content (AvgIpc) is 2.78. The van der Waals surface area contributed by atoms with Gasteiger partial charge in [0.05, 0.1) is 34.5 Å². The van der Waals surface area contributed by atoms with Crippen molar-refractivity contribution in [1.29, 1.82) is 0 Å². The first-order chi connectivity index (χ1) is 15.3. The van der Waals surface area contributed by atoms with Crippen LogP contribution in [0.4, 0.5) is 5.82 Å². The molecule has 6 nitrogen and oxygen atoms in total. The number of halogens is 2. The fourth-order valence-corrected chi connectivity index (χ4v) is 4.02. The third-order valence-corrected chi connectivity index (χ3v) is 6.11. The van der Waals surface area contributed by atoms with Gasteiger partial charge in [-0.15, -0.1) is 0 Å². The van der Waals surface area contributed by atoms with Gasteiger partial charge in [0.1, 0.15) is 5.82 Å². The zero-order chi connectivity index (χ0) is 22.8. The van der Waals surface area contributed by atoms with E-state index in [2.05, 4.69) is 30.9 Å². The molecule has 0 fully saturated rings. The Morgan fingerprint density at radius 1 is 1.19 bits per heavy atom. The first kappa shape index (κ1) is 22.2. The summed E-state index contributed by atoms with van der Waals surface area (Å²) in [5.41, 5.74) is 9.47. The van der Waals surface area contributed by atoms with Crippen molar-refractivity contribution in [3.05, 3.63) is 92.9 Å².